The molecule has 1 atom stereocenters. The van der Waals surface area contributed by atoms with E-state index in [1.165, 1.54) is 24.8 Å². The molecule has 1 aromatic heterocycles. The van der Waals surface area contributed by atoms with E-state index in [0.29, 0.717) is 6.04 Å². The van der Waals surface area contributed by atoms with Crippen molar-refractivity contribution in [2.75, 3.05) is 6.54 Å². The van der Waals surface area contributed by atoms with Crippen LogP contribution >= 0.6 is 15.9 Å². The van der Waals surface area contributed by atoms with Crippen LogP contribution < -0.4 is 5.32 Å². The number of nitrogens with zero attached hydrogens (tertiary/aromatic N) is 1. The van der Waals surface area contributed by atoms with Gasteiger partial charge in [0.05, 0.1) is 4.60 Å². The zero-order valence-corrected chi connectivity index (χ0v) is 9.47. The maximum absolute atomic E-state index is 3.54. The van der Waals surface area contributed by atoms with Gasteiger partial charge in [0.25, 0.3) is 0 Å². The van der Waals surface area contributed by atoms with Crippen molar-refractivity contribution in [2.24, 2.45) is 7.05 Å². The lowest BCUT2D eigenvalue weighted by Crippen LogP contribution is -2.26. The zero-order valence-electron chi connectivity index (χ0n) is 7.89. The Balaban J connectivity index is 2.14. The highest BCUT2D eigenvalue weighted by Crippen LogP contribution is 2.25. The van der Waals surface area contributed by atoms with E-state index in [1.54, 1.807) is 0 Å². The molecule has 1 aliphatic heterocycles. The van der Waals surface area contributed by atoms with Crippen LogP contribution in [0.25, 0.3) is 0 Å². The van der Waals surface area contributed by atoms with Crippen molar-refractivity contribution in [2.45, 2.75) is 25.3 Å². The Morgan fingerprint density at radius 3 is 2.92 bits per heavy atom. The summed E-state index contributed by atoms with van der Waals surface area (Å²) in [4.78, 5) is 0. The lowest BCUT2D eigenvalue weighted by Gasteiger charge is -2.22. The first kappa shape index (κ1) is 9.28. The largest absolute Gasteiger partial charge is 0.345 e. The Hall–Kier alpha value is -0.280. The summed E-state index contributed by atoms with van der Waals surface area (Å²) in [5, 5.41) is 3.54. The van der Waals surface area contributed by atoms with Gasteiger partial charge in [-0.15, -0.1) is 0 Å². The van der Waals surface area contributed by atoms with Crippen LogP contribution in [0.1, 0.15) is 30.9 Å². The average molecular weight is 243 g/mol. The molecule has 2 heterocycles. The minimum Gasteiger partial charge on any atom is -0.345 e. The molecule has 3 heteroatoms. The molecular formula is C10H15BrN2. The predicted molar refractivity (Wildman–Crippen MR) is 57.7 cm³/mol. The highest BCUT2D eigenvalue weighted by Gasteiger charge is 2.16. The van der Waals surface area contributed by atoms with E-state index < -0.39 is 0 Å². The van der Waals surface area contributed by atoms with Crippen molar-refractivity contribution in [3.63, 3.8) is 0 Å². The van der Waals surface area contributed by atoms with Gasteiger partial charge in [-0.05, 0) is 46.9 Å². The van der Waals surface area contributed by atoms with E-state index in [4.69, 9.17) is 0 Å². The monoisotopic (exact) mass is 242 g/mol. The van der Waals surface area contributed by atoms with Gasteiger partial charge in [-0.25, -0.2) is 0 Å². The lowest BCUT2D eigenvalue weighted by molar-refractivity contribution is 0.412. The molecule has 0 aromatic carbocycles. The number of aryl methyl sites for hydroxylation is 1. The van der Waals surface area contributed by atoms with Crippen molar-refractivity contribution >= 4 is 15.9 Å². The van der Waals surface area contributed by atoms with E-state index in [0.717, 1.165) is 11.1 Å². The molecule has 0 spiro atoms. The number of halogens is 1. The van der Waals surface area contributed by atoms with Crippen LogP contribution in [0.4, 0.5) is 0 Å². The van der Waals surface area contributed by atoms with Gasteiger partial charge in [-0.1, -0.05) is 6.42 Å². The minimum absolute atomic E-state index is 0.575. The summed E-state index contributed by atoms with van der Waals surface area (Å²) < 4.78 is 3.28. The van der Waals surface area contributed by atoms with Gasteiger partial charge in [0.1, 0.15) is 0 Å². The standard InChI is InChI=1S/C10H15BrN2/c1-13-7-8(6-10(13)11)9-4-2-3-5-12-9/h6-7,9,12H,2-5H2,1H3. The summed E-state index contributed by atoms with van der Waals surface area (Å²) in [6.07, 6.45) is 6.15. The van der Waals surface area contributed by atoms with Crippen molar-refractivity contribution in [1.29, 1.82) is 0 Å². The maximum Gasteiger partial charge on any atom is 0.0847 e. The summed E-state index contributed by atoms with van der Waals surface area (Å²) in [6.45, 7) is 1.16. The van der Waals surface area contributed by atoms with E-state index in [9.17, 15) is 0 Å². The molecule has 0 bridgehead atoms. The third-order valence-corrected chi connectivity index (χ3v) is 3.47. The fraction of sp³-hybridized carbons (Fsp3) is 0.600. The average Bonchev–Trinajstić information content (AvgIpc) is 2.49. The number of rotatable bonds is 1. The van der Waals surface area contributed by atoms with Crippen LogP contribution in [0.15, 0.2) is 16.9 Å². The van der Waals surface area contributed by atoms with Crippen molar-refractivity contribution < 1.29 is 0 Å². The molecule has 2 rings (SSSR count). The Morgan fingerprint density at radius 1 is 1.54 bits per heavy atom. The molecule has 13 heavy (non-hydrogen) atoms. The molecule has 0 amide bonds. The van der Waals surface area contributed by atoms with Gasteiger partial charge in [0.15, 0.2) is 0 Å². The molecular weight excluding hydrogens is 228 g/mol. The Morgan fingerprint density at radius 2 is 2.38 bits per heavy atom. The molecule has 0 aliphatic carbocycles. The van der Waals surface area contributed by atoms with Crippen molar-refractivity contribution in [3.8, 4) is 0 Å². The van der Waals surface area contributed by atoms with Crippen LogP contribution in [-0.4, -0.2) is 11.1 Å². The number of hydrogen-bond acceptors (Lipinski definition) is 1. The summed E-state index contributed by atoms with van der Waals surface area (Å²) in [5.41, 5.74) is 1.41. The maximum atomic E-state index is 3.54. The third-order valence-electron chi connectivity index (χ3n) is 2.68. The lowest BCUT2D eigenvalue weighted by atomic mass is 10.0. The molecule has 1 fully saturated rings. The molecule has 0 radical (unpaired) electrons. The first-order valence-corrected chi connectivity index (χ1v) is 5.62. The number of piperidine rings is 1. The fourth-order valence-corrected chi connectivity index (χ4v) is 2.26. The molecule has 1 unspecified atom stereocenters. The van der Waals surface area contributed by atoms with Gasteiger partial charge >= 0.3 is 0 Å². The minimum atomic E-state index is 0.575. The molecule has 72 valence electrons. The fourth-order valence-electron chi connectivity index (χ4n) is 1.89. The number of hydrogen-bond donors (Lipinski definition) is 1. The quantitative estimate of drug-likeness (QED) is 0.802. The Kier molecular flexibility index (Phi) is 2.74. The van der Waals surface area contributed by atoms with Crippen LogP contribution in [0.2, 0.25) is 0 Å². The van der Waals surface area contributed by atoms with Crippen molar-refractivity contribution in [3.05, 3.63) is 22.4 Å². The Bertz CT molecular complexity index is 268. The molecule has 1 saturated heterocycles. The second-order valence-electron chi connectivity index (χ2n) is 3.71. The van der Waals surface area contributed by atoms with Crippen LogP contribution in [0.3, 0.4) is 0 Å². The molecule has 1 aliphatic rings. The molecule has 2 nitrogen and oxygen atoms in total. The molecule has 1 aromatic rings. The third kappa shape index (κ3) is 1.97. The van der Waals surface area contributed by atoms with Gasteiger partial charge < -0.3 is 9.88 Å². The second kappa shape index (κ2) is 3.84. The van der Waals surface area contributed by atoms with Gasteiger partial charge in [0.2, 0.25) is 0 Å². The number of aromatic nitrogens is 1. The molecule has 1 N–H and O–H groups in total. The van der Waals surface area contributed by atoms with Gasteiger partial charge in [-0.2, -0.15) is 0 Å². The highest BCUT2D eigenvalue weighted by atomic mass is 79.9. The van der Waals surface area contributed by atoms with Crippen LogP contribution in [0, 0.1) is 0 Å². The zero-order chi connectivity index (χ0) is 9.26. The van der Waals surface area contributed by atoms with E-state index in [-0.39, 0.29) is 0 Å². The SMILES string of the molecule is Cn1cc(C2CCCCN2)cc1Br. The van der Waals surface area contributed by atoms with Crippen LogP contribution in [-0.2, 0) is 7.05 Å². The highest BCUT2D eigenvalue weighted by molar-refractivity contribution is 9.10. The van der Waals surface area contributed by atoms with E-state index >= 15 is 0 Å². The van der Waals surface area contributed by atoms with Gasteiger partial charge in [0, 0.05) is 19.3 Å². The smallest absolute Gasteiger partial charge is 0.0847 e. The first-order chi connectivity index (χ1) is 6.27. The first-order valence-electron chi connectivity index (χ1n) is 4.82. The van der Waals surface area contributed by atoms with Crippen molar-refractivity contribution in [1.82, 2.24) is 9.88 Å². The summed E-state index contributed by atoms with van der Waals surface area (Å²) in [7, 11) is 2.07. The normalized spacial score (nSPS) is 23.4. The predicted octanol–water partition coefficient (Wildman–Crippen LogP) is 2.60. The Labute approximate surface area is 87.5 Å². The van der Waals surface area contributed by atoms with Gasteiger partial charge in [-0.3, -0.25) is 0 Å². The number of nitrogens with one attached hydrogen (secondary N) is 1. The second-order valence-corrected chi connectivity index (χ2v) is 4.52. The van der Waals surface area contributed by atoms with E-state index in [1.807, 2.05) is 0 Å². The van der Waals surface area contributed by atoms with E-state index in [2.05, 4.69) is 45.1 Å². The topological polar surface area (TPSA) is 17.0 Å². The summed E-state index contributed by atoms with van der Waals surface area (Å²) in [6, 6.07) is 2.79. The summed E-state index contributed by atoms with van der Waals surface area (Å²) in [5.74, 6) is 0. The summed E-state index contributed by atoms with van der Waals surface area (Å²) >= 11 is 3.52. The van der Waals surface area contributed by atoms with Crippen LogP contribution in [0.5, 0.6) is 0 Å². The molecule has 0 saturated carbocycles.